The summed E-state index contributed by atoms with van der Waals surface area (Å²) in [5.74, 6) is 0.683. The quantitative estimate of drug-likeness (QED) is 0.377. The van der Waals surface area contributed by atoms with E-state index in [4.69, 9.17) is 21.9 Å². The highest BCUT2D eigenvalue weighted by atomic mass is 16.6. The van der Waals surface area contributed by atoms with E-state index < -0.39 is 24.5 Å². The van der Waals surface area contributed by atoms with Crippen LogP contribution in [0.3, 0.4) is 0 Å². The van der Waals surface area contributed by atoms with Crippen molar-refractivity contribution < 1.29 is 14.9 Å². The summed E-state index contributed by atoms with van der Waals surface area (Å²) in [4.78, 5) is 2.34. The Morgan fingerprint density at radius 2 is 1.82 bits per heavy atom. The molecule has 22 heavy (non-hydrogen) atoms. The molecule has 0 radical (unpaired) electrons. The lowest BCUT2D eigenvalue weighted by atomic mass is 9.76. The molecule has 4 atom stereocenters. The summed E-state index contributed by atoms with van der Waals surface area (Å²) in [5, 5.41) is 19.7. The van der Waals surface area contributed by atoms with Crippen LogP contribution in [0.4, 0.5) is 0 Å². The number of nitrogens with two attached hydrogens (primary N) is 3. The van der Waals surface area contributed by atoms with Gasteiger partial charge in [-0.3, -0.25) is 4.90 Å². The van der Waals surface area contributed by atoms with Gasteiger partial charge in [-0.2, -0.15) is 0 Å². The first-order valence-electron chi connectivity index (χ1n) is 8.33. The van der Waals surface area contributed by atoms with E-state index >= 15 is 0 Å². The molecule has 1 saturated carbocycles. The van der Waals surface area contributed by atoms with Gasteiger partial charge in [0.05, 0.1) is 6.17 Å². The van der Waals surface area contributed by atoms with Crippen molar-refractivity contribution in [2.24, 2.45) is 23.1 Å². The third-order valence-corrected chi connectivity index (χ3v) is 5.04. The Kier molecular flexibility index (Phi) is 6.18. The van der Waals surface area contributed by atoms with Crippen molar-refractivity contribution in [3.63, 3.8) is 0 Å². The van der Waals surface area contributed by atoms with E-state index in [0.29, 0.717) is 24.5 Å². The highest BCUT2D eigenvalue weighted by Gasteiger charge is 2.43. The number of rotatable bonds is 7. The molecule has 1 heterocycles. The molecule has 2 aliphatic rings. The number of aliphatic hydroxyl groups excluding tert-OH is 2. The van der Waals surface area contributed by atoms with Crippen LogP contribution in [0.15, 0.2) is 0 Å². The molecule has 130 valence electrons. The minimum atomic E-state index is -1.00. The zero-order valence-corrected chi connectivity index (χ0v) is 13.6. The Morgan fingerprint density at radius 1 is 1.18 bits per heavy atom. The summed E-state index contributed by atoms with van der Waals surface area (Å²) in [5.41, 5.74) is 16.8. The Bertz CT molecular complexity index is 350. The van der Waals surface area contributed by atoms with Gasteiger partial charge in [-0.05, 0) is 45.4 Å². The standard InChI is InChI=1S/C15H32N4O3/c1-8(2)19(7-11-13(20)14(21)15(18)22-11)10-5-9(6-10)3-4-12(16)17/h8-15,20-21H,3-7,16-18H2,1-2H3/t9?,10?,11-,13-,14-,15-/m1/s1. The van der Waals surface area contributed by atoms with Gasteiger partial charge in [0, 0.05) is 18.6 Å². The molecule has 7 nitrogen and oxygen atoms in total. The molecule has 0 aromatic carbocycles. The first-order valence-corrected chi connectivity index (χ1v) is 8.33. The van der Waals surface area contributed by atoms with Crippen molar-refractivity contribution in [2.75, 3.05) is 6.54 Å². The maximum atomic E-state index is 10.0. The smallest absolute Gasteiger partial charge is 0.135 e. The first kappa shape index (κ1) is 18.1. The van der Waals surface area contributed by atoms with E-state index in [-0.39, 0.29) is 6.17 Å². The Labute approximate surface area is 132 Å². The molecule has 0 amide bonds. The second-order valence-electron chi connectivity index (χ2n) is 7.14. The lowest BCUT2D eigenvalue weighted by Gasteiger charge is -2.46. The molecule has 2 fully saturated rings. The van der Waals surface area contributed by atoms with Crippen LogP contribution in [0.5, 0.6) is 0 Å². The molecule has 0 aromatic rings. The predicted molar refractivity (Wildman–Crippen MR) is 84.6 cm³/mol. The summed E-state index contributed by atoms with van der Waals surface area (Å²) in [6, 6.07) is 0.844. The van der Waals surface area contributed by atoms with Crippen molar-refractivity contribution in [1.82, 2.24) is 4.90 Å². The van der Waals surface area contributed by atoms with Crippen LogP contribution in [-0.4, -0.2) is 64.4 Å². The highest BCUT2D eigenvalue weighted by Crippen LogP contribution is 2.36. The van der Waals surface area contributed by atoms with Gasteiger partial charge < -0.3 is 32.2 Å². The average molecular weight is 316 g/mol. The van der Waals surface area contributed by atoms with Gasteiger partial charge in [0.2, 0.25) is 0 Å². The summed E-state index contributed by atoms with van der Waals surface area (Å²) in [6.07, 6.45) is 0.839. The fourth-order valence-electron chi connectivity index (χ4n) is 3.55. The third kappa shape index (κ3) is 4.17. The first-order chi connectivity index (χ1) is 10.3. The second kappa shape index (κ2) is 7.53. The van der Waals surface area contributed by atoms with Crippen LogP contribution in [0.25, 0.3) is 0 Å². The number of ether oxygens (including phenoxy) is 1. The Balaban J connectivity index is 1.82. The maximum absolute atomic E-state index is 10.0. The zero-order valence-electron chi connectivity index (χ0n) is 13.6. The molecule has 0 unspecified atom stereocenters. The molecule has 0 bridgehead atoms. The van der Waals surface area contributed by atoms with Crippen molar-refractivity contribution in [2.45, 2.75) is 82.3 Å². The Morgan fingerprint density at radius 3 is 2.27 bits per heavy atom. The van der Waals surface area contributed by atoms with E-state index in [9.17, 15) is 10.2 Å². The second-order valence-corrected chi connectivity index (χ2v) is 7.14. The van der Waals surface area contributed by atoms with Crippen LogP contribution < -0.4 is 17.2 Å². The van der Waals surface area contributed by atoms with E-state index in [1.165, 1.54) is 0 Å². The van der Waals surface area contributed by atoms with Crippen molar-refractivity contribution >= 4 is 0 Å². The van der Waals surface area contributed by atoms with Gasteiger partial charge in [-0.1, -0.05) is 0 Å². The molecule has 1 saturated heterocycles. The number of aliphatic hydroxyl groups is 2. The van der Waals surface area contributed by atoms with Crippen molar-refractivity contribution in [3.05, 3.63) is 0 Å². The topological polar surface area (TPSA) is 131 Å². The largest absolute Gasteiger partial charge is 0.387 e. The fraction of sp³-hybridized carbons (Fsp3) is 1.00. The Hall–Kier alpha value is -0.280. The average Bonchev–Trinajstić information content (AvgIpc) is 2.62. The molecule has 0 spiro atoms. The molecule has 7 heteroatoms. The summed E-state index contributed by atoms with van der Waals surface area (Å²) >= 11 is 0. The van der Waals surface area contributed by atoms with Crippen molar-refractivity contribution in [3.8, 4) is 0 Å². The van der Waals surface area contributed by atoms with Crippen LogP contribution in [-0.2, 0) is 4.74 Å². The SMILES string of the molecule is CC(C)N(C[C@H]1O[C@@H](N)[C@H](O)[C@@H]1O)C1CC(CCC(N)N)C1. The summed E-state index contributed by atoms with van der Waals surface area (Å²) < 4.78 is 5.49. The van der Waals surface area contributed by atoms with Gasteiger partial charge in [0.25, 0.3) is 0 Å². The van der Waals surface area contributed by atoms with E-state index in [1.54, 1.807) is 0 Å². The van der Waals surface area contributed by atoms with Gasteiger partial charge in [0.15, 0.2) is 0 Å². The monoisotopic (exact) mass is 316 g/mol. The molecule has 1 aliphatic heterocycles. The summed E-state index contributed by atoms with van der Waals surface area (Å²) in [7, 11) is 0. The van der Waals surface area contributed by atoms with E-state index in [1.807, 2.05) is 0 Å². The third-order valence-electron chi connectivity index (χ3n) is 5.04. The maximum Gasteiger partial charge on any atom is 0.135 e. The van der Waals surface area contributed by atoms with E-state index in [0.717, 1.165) is 25.7 Å². The van der Waals surface area contributed by atoms with Crippen LogP contribution in [0.1, 0.15) is 39.5 Å². The number of nitrogens with zero attached hydrogens (tertiary/aromatic N) is 1. The van der Waals surface area contributed by atoms with Crippen LogP contribution >= 0.6 is 0 Å². The van der Waals surface area contributed by atoms with E-state index in [2.05, 4.69) is 18.7 Å². The molecule has 1 aliphatic carbocycles. The summed E-state index contributed by atoms with van der Waals surface area (Å²) in [6.45, 7) is 4.87. The van der Waals surface area contributed by atoms with Gasteiger partial charge in [-0.25, -0.2) is 0 Å². The van der Waals surface area contributed by atoms with Gasteiger partial charge >= 0.3 is 0 Å². The number of hydrogen-bond donors (Lipinski definition) is 5. The van der Waals surface area contributed by atoms with Crippen LogP contribution in [0, 0.1) is 5.92 Å². The van der Waals surface area contributed by atoms with Gasteiger partial charge in [-0.15, -0.1) is 0 Å². The lowest BCUT2D eigenvalue weighted by molar-refractivity contribution is -0.0420. The number of hydrogen-bond acceptors (Lipinski definition) is 7. The minimum Gasteiger partial charge on any atom is -0.387 e. The minimum absolute atomic E-state index is 0.217. The predicted octanol–water partition coefficient (Wildman–Crippen LogP) is -1.10. The molecular weight excluding hydrogens is 284 g/mol. The van der Waals surface area contributed by atoms with Crippen LogP contribution in [0.2, 0.25) is 0 Å². The molecule has 0 aromatic heterocycles. The normalized spacial score (nSPS) is 39.0. The van der Waals surface area contributed by atoms with Gasteiger partial charge in [0.1, 0.15) is 24.5 Å². The lowest BCUT2D eigenvalue weighted by Crippen LogP contribution is -2.52. The highest BCUT2D eigenvalue weighted by molar-refractivity contribution is 4.94. The molecule has 8 N–H and O–H groups in total. The van der Waals surface area contributed by atoms with Crippen molar-refractivity contribution in [1.29, 1.82) is 0 Å². The fourth-order valence-corrected chi connectivity index (χ4v) is 3.55. The molecule has 2 rings (SSSR count). The molecular formula is C15H32N4O3. The zero-order chi connectivity index (χ0) is 16.4.